The fraction of sp³-hybridized carbons (Fsp3) is 0.562. The number of aliphatic hydroxyl groups is 4. The van der Waals surface area contributed by atoms with Gasteiger partial charge in [0.15, 0.2) is 0 Å². The molecule has 0 aromatic heterocycles. The van der Waals surface area contributed by atoms with E-state index in [0.29, 0.717) is 5.56 Å². The van der Waals surface area contributed by atoms with Crippen LogP contribution in [-0.2, 0) is 6.18 Å². The molecule has 0 spiro atoms. The molecular formula is C16H18F3NO4. The molecule has 2 unspecified atom stereocenters. The second-order valence-electron chi connectivity index (χ2n) is 6.02. The zero-order valence-corrected chi connectivity index (χ0v) is 12.6. The fourth-order valence-electron chi connectivity index (χ4n) is 3.25. The molecule has 5 nitrogen and oxygen atoms in total. The number of alkyl halides is 3. The second kappa shape index (κ2) is 7.07. The van der Waals surface area contributed by atoms with Crippen molar-refractivity contribution < 1.29 is 33.6 Å². The molecule has 0 saturated heterocycles. The van der Waals surface area contributed by atoms with E-state index in [4.69, 9.17) is 0 Å². The van der Waals surface area contributed by atoms with E-state index in [-0.39, 0.29) is 6.42 Å². The lowest BCUT2D eigenvalue weighted by atomic mass is 9.68. The predicted molar refractivity (Wildman–Crippen MR) is 76.5 cm³/mol. The van der Waals surface area contributed by atoms with Gasteiger partial charge in [0.05, 0.1) is 29.8 Å². The summed E-state index contributed by atoms with van der Waals surface area (Å²) < 4.78 is 37.9. The number of halogens is 3. The Bertz CT molecular complexity index is 599. The molecule has 0 heterocycles. The first-order valence-corrected chi connectivity index (χ1v) is 7.42. The van der Waals surface area contributed by atoms with Gasteiger partial charge in [-0.05, 0) is 30.0 Å². The van der Waals surface area contributed by atoms with E-state index in [1.807, 2.05) is 6.07 Å². The molecule has 1 fully saturated rings. The predicted octanol–water partition coefficient (Wildman–Crippen LogP) is 1.02. The van der Waals surface area contributed by atoms with Crippen molar-refractivity contribution in [1.29, 1.82) is 5.26 Å². The molecule has 132 valence electrons. The van der Waals surface area contributed by atoms with Gasteiger partial charge in [-0.3, -0.25) is 0 Å². The lowest BCUT2D eigenvalue weighted by Gasteiger charge is -2.42. The van der Waals surface area contributed by atoms with Gasteiger partial charge in [-0.15, -0.1) is 0 Å². The van der Waals surface area contributed by atoms with Gasteiger partial charge < -0.3 is 20.4 Å². The number of benzene rings is 1. The fourth-order valence-corrected chi connectivity index (χ4v) is 3.25. The Kier molecular flexibility index (Phi) is 5.50. The average Bonchev–Trinajstić information content (AvgIpc) is 2.53. The van der Waals surface area contributed by atoms with E-state index in [1.54, 1.807) is 0 Å². The summed E-state index contributed by atoms with van der Waals surface area (Å²) in [6, 6.07) is 6.04. The second-order valence-corrected chi connectivity index (χ2v) is 6.02. The van der Waals surface area contributed by atoms with Crippen LogP contribution in [0, 0.1) is 23.2 Å². The molecular weight excluding hydrogens is 327 g/mol. The zero-order valence-electron chi connectivity index (χ0n) is 12.6. The smallest absolute Gasteiger partial charge is 0.396 e. The number of hydrogen-bond acceptors (Lipinski definition) is 5. The summed E-state index contributed by atoms with van der Waals surface area (Å²) in [5.41, 5.74) is -0.550. The van der Waals surface area contributed by atoms with Gasteiger partial charge in [0.2, 0.25) is 0 Å². The van der Waals surface area contributed by atoms with E-state index < -0.39 is 54.4 Å². The van der Waals surface area contributed by atoms with Crippen LogP contribution in [0.15, 0.2) is 24.3 Å². The van der Waals surface area contributed by atoms with Crippen LogP contribution in [0.1, 0.15) is 23.5 Å². The van der Waals surface area contributed by atoms with Crippen molar-refractivity contribution in [3.63, 3.8) is 0 Å². The van der Waals surface area contributed by atoms with Crippen molar-refractivity contribution in [2.75, 3.05) is 6.61 Å². The SMILES string of the molecule is N#CC(c1ccc(C(F)(F)F)cc1)C1C[C@H](O)[C@@H](O)[C@H](O)[C@H]1CO. The number of nitriles is 1. The Morgan fingerprint density at radius 3 is 2.17 bits per heavy atom. The molecule has 8 heteroatoms. The van der Waals surface area contributed by atoms with E-state index in [2.05, 4.69) is 0 Å². The maximum absolute atomic E-state index is 12.6. The molecule has 24 heavy (non-hydrogen) atoms. The van der Waals surface area contributed by atoms with Crippen molar-refractivity contribution in [3.05, 3.63) is 35.4 Å². The highest BCUT2D eigenvalue weighted by atomic mass is 19.4. The van der Waals surface area contributed by atoms with Crippen molar-refractivity contribution in [2.45, 2.75) is 36.8 Å². The Balaban J connectivity index is 2.31. The average molecular weight is 345 g/mol. The highest BCUT2D eigenvalue weighted by Crippen LogP contribution is 2.40. The monoisotopic (exact) mass is 345 g/mol. The van der Waals surface area contributed by atoms with Crippen molar-refractivity contribution in [1.82, 2.24) is 0 Å². The first-order chi connectivity index (χ1) is 11.2. The van der Waals surface area contributed by atoms with Gasteiger partial charge in [0, 0.05) is 12.5 Å². The Hall–Kier alpha value is -1.66. The van der Waals surface area contributed by atoms with Crippen LogP contribution in [0.4, 0.5) is 13.2 Å². The molecule has 6 atom stereocenters. The minimum absolute atomic E-state index is 0.0529. The molecule has 0 radical (unpaired) electrons. The highest BCUT2D eigenvalue weighted by molar-refractivity contribution is 5.31. The third-order valence-electron chi connectivity index (χ3n) is 4.62. The summed E-state index contributed by atoms with van der Waals surface area (Å²) in [7, 11) is 0. The Labute approximate surface area is 136 Å². The van der Waals surface area contributed by atoms with Gasteiger partial charge in [-0.1, -0.05) is 12.1 Å². The van der Waals surface area contributed by atoms with Gasteiger partial charge in [-0.2, -0.15) is 18.4 Å². The summed E-state index contributed by atoms with van der Waals surface area (Å²) in [6.45, 7) is -0.519. The summed E-state index contributed by atoms with van der Waals surface area (Å²) in [5, 5.41) is 48.4. The van der Waals surface area contributed by atoms with Gasteiger partial charge in [-0.25, -0.2) is 0 Å². The lowest BCUT2D eigenvalue weighted by Crippen LogP contribution is -2.52. The quantitative estimate of drug-likeness (QED) is 0.655. The number of nitrogens with zero attached hydrogens (tertiary/aromatic N) is 1. The summed E-state index contributed by atoms with van der Waals surface area (Å²) >= 11 is 0. The third-order valence-corrected chi connectivity index (χ3v) is 4.62. The van der Waals surface area contributed by atoms with Crippen LogP contribution in [0.3, 0.4) is 0 Å². The molecule has 1 saturated carbocycles. The van der Waals surface area contributed by atoms with Crippen LogP contribution in [-0.4, -0.2) is 45.3 Å². The standard InChI is InChI=1S/C16H18F3NO4/c17-16(18,19)9-3-1-8(2-4-9)11(6-20)10-5-13(22)15(24)14(23)12(10)7-21/h1-4,10-15,21-24H,5,7H2/t10?,11?,12-,13-,14+,15+/m0/s1. The first-order valence-electron chi connectivity index (χ1n) is 7.42. The van der Waals surface area contributed by atoms with E-state index in [1.165, 1.54) is 12.1 Å². The van der Waals surface area contributed by atoms with Gasteiger partial charge in [0.1, 0.15) is 6.10 Å². The highest BCUT2D eigenvalue weighted by Gasteiger charge is 2.45. The van der Waals surface area contributed by atoms with Crippen LogP contribution < -0.4 is 0 Å². The molecule has 4 N–H and O–H groups in total. The first kappa shape index (κ1) is 18.7. The molecule has 1 aliphatic rings. The van der Waals surface area contributed by atoms with E-state index in [0.717, 1.165) is 12.1 Å². The minimum Gasteiger partial charge on any atom is -0.396 e. The molecule has 1 aromatic rings. The molecule has 0 bridgehead atoms. The van der Waals surface area contributed by atoms with Crippen LogP contribution in [0.25, 0.3) is 0 Å². The summed E-state index contributed by atoms with van der Waals surface area (Å²) in [6.07, 6.45) is -8.68. The molecule has 1 aliphatic carbocycles. The third kappa shape index (κ3) is 3.54. The number of hydrogen-bond donors (Lipinski definition) is 4. The van der Waals surface area contributed by atoms with Crippen LogP contribution in [0.5, 0.6) is 0 Å². The van der Waals surface area contributed by atoms with Crippen LogP contribution >= 0.6 is 0 Å². The van der Waals surface area contributed by atoms with Gasteiger partial charge >= 0.3 is 6.18 Å². The van der Waals surface area contributed by atoms with Gasteiger partial charge in [0.25, 0.3) is 0 Å². The van der Waals surface area contributed by atoms with Crippen molar-refractivity contribution in [3.8, 4) is 6.07 Å². The zero-order chi connectivity index (χ0) is 18.1. The summed E-state index contributed by atoms with van der Waals surface area (Å²) in [4.78, 5) is 0. The van der Waals surface area contributed by atoms with Crippen molar-refractivity contribution >= 4 is 0 Å². The molecule has 0 aliphatic heterocycles. The maximum Gasteiger partial charge on any atom is 0.416 e. The van der Waals surface area contributed by atoms with E-state index in [9.17, 15) is 38.9 Å². The van der Waals surface area contributed by atoms with E-state index >= 15 is 0 Å². The Morgan fingerprint density at radius 2 is 1.71 bits per heavy atom. The maximum atomic E-state index is 12.6. The number of aliphatic hydroxyl groups excluding tert-OH is 4. The topological polar surface area (TPSA) is 105 Å². The molecule has 2 rings (SSSR count). The Morgan fingerprint density at radius 1 is 1.12 bits per heavy atom. The summed E-state index contributed by atoms with van der Waals surface area (Å²) in [5.74, 6) is -2.50. The minimum atomic E-state index is -4.49. The normalized spacial score (nSPS) is 32.2. The largest absolute Gasteiger partial charge is 0.416 e. The molecule has 1 aromatic carbocycles. The van der Waals surface area contributed by atoms with Crippen LogP contribution in [0.2, 0.25) is 0 Å². The lowest BCUT2D eigenvalue weighted by molar-refractivity contribution is -0.140. The molecule has 0 amide bonds. The van der Waals surface area contributed by atoms with Crippen molar-refractivity contribution in [2.24, 2.45) is 11.8 Å². The number of rotatable bonds is 3.